The number of ether oxygens (including phenoxy) is 2. The van der Waals surface area contributed by atoms with E-state index in [4.69, 9.17) is 9.47 Å². The first-order valence-electron chi connectivity index (χ1n) is 8.97. The van der Waals surface area contributed by atoms with Gasteiger partial charge in [0.05, 0.1) is 13.5 Å². The van der Waals surface area contributed by atoms with Crippen molar-refractivity contribution in [3.05, 3.63) is 36.5 Å². The maximum absolute atomic E-state index is 12.0. The number of nitrogens with one attached hydrogen (secondary N) is 1. The summed E-state index contributed by atoms with van der Waals surface area (Å²) in [5.41, 5.74) is 1.04. The van der Waals surface area contributed by atoms with E-state index < -0.39 is 30.5 Å². The molecule has 7 nitrogen and oxygen atoms in total. The molecule has 0 fully saturated rings. The summed E-state index contributed by atoms with van der Waals surface area (Å²) in [7, 11) is 1.27. The summed E-state index contributed by atoms with van der Waals surface area (Å²) in [6, 6.07) is 9.12. The Balaban J connectivity index is 1.78. The number of carbonyl (C=O) groups is 3. The van der Waals surface area contributed by atoms with Gasteiger partial charge in [-0.2, -0.15) is 0 Å². The zero-order valence-electron chi connectivity index (χ0n) is 15.9. The smallest absolute Gasteiger partial charge is 0.328 e. The first-order chi connectivity index (χ1) is 12.9. The van der Waals surface area contributed by atoms with Crippen LogP contribution in [0.25, 0.3) is 10.9 Å². The molecule has 2 aromatic rings. The summed E-state index contributed by atoms with van der Waals surface area (Å²) >= 11 is 0. The summed E-state index contributed by atoms with van der Waals surface area (Å²) in [4.78, 5) is 35.6. The van der Waals surface area contributed by atoms with Crippen LogP contribution in [0.5, 0.6) is 0 Å². The van der Waals surface area contributed by atoms with Crippen LogP contribution in [0.3, 0.4) is 0 Å². The van der Waals surface area contributed by atoms with Crippen molar-refractivity contribution in [1.29, 1.82) is 0 Å². The first kappa shape index (κ1) is 20.5. The van der Waals surface area contributed by atoms with E-state index >= 15 is 0 Å². The highest BCUT2D eigenvalue weighted by Crippen LogP contribution is 2.15. The number of hydrogen-bond donors (Lipinski definition) is 1. The van der Waals surface area contributed by atoms with Crippen molar-refractivity contribution in [3.63, 3.8) is 0 Å². The van der Waals surface area contributed by atoms with Crippen LogP contribution in [0.2, 0.25) is 0 Å². The van der Waals surface area contributed by atoms with Gasteiger partial charge in [0.25, 0.3) is 5.91 Å². The quantitative estimate of drug-likeness (QED) is 0.681. The maximum atomic E-state index is 12.0. The standard InChI is InChI=1S/C20H26N2O5/c1-14(2)12-16(20(25)26-3)21-18(23)13-27-19(24)9-11-22-10-8-15-6-4-5-7-17(15)22/h4-8,10,14,16H,9,11-13H2,1-3H3,(H,21,23). The van der Waals surface area contributed by atoms with Crippen molar-refractivity contribution >= 4 is 28.7 Å². The zero-order chi connectivity index (χ0) is 19.8. The van der Waals surface area contributed by atoms with Crippen molar-refractivity contribution in [2.24, 2.45) is 5.92 Å². The molecule has 0 saturated heterocycles. The van der Waals surface area contributed by atoms with Gasteiger partial charge in [-0.15, -0.1) is 0 Å². The van der Waals surface area contributed by atoms with E-state index in [0.717, 1.165) is 10.9 Å². The Hall–Kier alpha value is -2.83. The van der Waals surface area contributed by atoms with Gasteiger partial charge in [-0.3, -0.25) is 9.59 Å². The summed E-state index contributed by atoms with van der Waals surface area (Å²) in [5, 5.41) is 3.65. The van der Waals surface area contributed by atoms with Crippen LogP contribution in [0, 0.1) is 5.92 Å². The molecule has 27 heavy (non-hydrogen) atoms. The number of aryl methyl sites for hydroxylation is 1. The molecule has 1 amide bonds. The largest absolute Gasteiger partial charge is 0.467 e. The molecule has 0 aliphatic carbocycles. The lowest BCUT2D eigenvalue weighted by molar-refractivity contribution is -0.150. The summed E-state index contributed by atoms with van der Waals surface area (Å²) < 4.78 is 11.7. The SMILES string of the molecule is COC(=O)C(CC(C)C)NC(=O)COC(=O)CCn1ccc2ccccc21. The van der Waals surface area contributed by atoms with Gasteiger partial charge in [-0.05, 0) is 29.9 Å². The molecular formula is C20H26N2O5. The number of rotatable bonds is 9. The molecule has 0 aliphatic heterocycles. The van der Waals surface area contributed by atoms with E-state index in [1.807, 2.05) is 54.9 Å². The number of fused-ring (bicyclic) bond motifs is 1. The molecule has 1 unspecified atom stereocenters. The average molecular weight is 374 g/mol. The van der Waals surface area contributed by atoms with Crippen LogP contribution in [0.4, 0.5) is 0 Å². The Morgan fingerprint density at radius 1 is 1.15 bits per heavy atom. The molecule has 0 aliphatic rings. The van der Waals surface area contributed by atoms with Gasteiger partial charge >= 0.3 is 11.9 Å². The second-order valence-corrected chi connectivity index (χ2v) is 6.75. The molecule has 1 N–H and O–H groups in total. The van der Waals surface area contributed by atoms with Gasteiger partial charge in [0, 0.05) is 18.3 Å². The molecule has 2 rings (SSSR count). The third-order valence-corrected chi connectivity index (χ3v) is 4.13. The minimum Gasteiger partial charge on any atom is -0.467 e. The van der Waals surface area contributed by atoms with Crippen LogP contribution in [-0.4, -0.2) is 42.2 Å². The number of esters is 2. The highest BCUT2D eigenvalue weighted by molar-refractivity contribution is 5.86. The van der Waals surface area contributed by atoms with E-state index in [1.54, 1.807) is 0 Å². The lowest BCUT2D eigenvalue weighted by Gasteiger charge is -2.18. The van der Waals surface area contributed by atoms with Crippen LogP contribution in [-0.2, 0) is 30.4 Å². The number of aromatic nitrogens is 1. The van der Waals surface area contributed by atoms with Crippen LogP contribution >= 0.6 is 0 Å². The molecule has 1 heterocycles. The van der Waals surface area contributed by atoms with Crippen molar-refractivity contribution in [3.8, 4) is 0 Å². The monoisotopic (exact) mass is 374 g/mol. The topological polar surface area (TPSA) is 86.6 Å². The molecule has 1 aromatic heterocycles. The number of methoxy groups -OCH3 is 1. The maximum Gasteiger partial charge on any atom is 0.328 e. The number of carbonyl (C=O) groups excluding carboxylic acids is 3. The van der Waals surface area contributed by atoms with Gasteiger partial charge in [-0.25, -0.2) is 4.79 Å². The Morgan fingerprint density at radius 3 is 2.59 bits per heavy atom. The number of benzene rings is 1. The Kier molecular flexibility index (Phi) is 7.40. The number of amides is 1. The van der Waals surface area contributed by atoms with Gasteiger partial charge < -0.3 is 19.4 Å². The third-order valence-electron chi connectivity index (χ3n) is 4.13. The fraction of sp³-hybridized carbons (Fsp3) is 0.450. The van der Waals surface area contributed by atoms with E-state index in [0.29, 0.717) is 13.0 Å². The van der Waals surface area contributed by atoms with Gasteiger partial charge in [-0.1, -0.05) is 32.0 Å². The third kappa shape index (κ3) is 6.13. The van der Waals surface area contributed by atoms with Crippen LogP contribution in [0.1, 0.15) is 26.7 Å². The Morgan fingerprint density at radius 2 is 1.89 bits per heavy atom. The highest BCUT2D eigenvalue weighted by atomic mass is 16.5. The van der Waals surface area contributed by atoms with E-state index in [2.05, 4.69) is 5.32 Å². The van der Waals surface area contributed by atoms with Crippen molar-refractivity contribution in [1.82, 2.24) is 9.88 Å². The first-order valence-corrected chi connectivity index (χ1v) is 8.97. The van der Waals surface area contributed by atoms with E-state index in [1.165, 1.54) is 7.11 Å². The second kappa shape index (κ2) is 9.75. The average Bonchev–Trinajstić information content (AvgIpc) is 3.06. The molecule has 1 atom stereocenters. The molecule has 1 aromatic carbocycles. The lowest BCUT2D eigenvalue weighted by atomic mass is 10.0. The van der Waals surface area contributed by atoms with Crippen molar-refractivity contribution < 1.29 is 23.9 Å². The zero-order valence-corrected chi connectivity index (χ0v) is 15.9. The molecule has 0 saturated carbocycles. The number of para-hydroxylation sites is 1. The van der Waals surface area contributed by atoms with E-state index in [-0.39, 0.29) is 12.3 Å². The predicted molar refractivity (Wildman–Crippen MR) is 101 cm³/mol. The Labute approximate surface area is 158 Å². The van der Waals surface area contributed by atoms with Gasteiger partial charge in [0.1, 0.15) is 6.04 Å². The summed E-state index contributed by atoms with van der Waals surface area (Å²) in [6.45, 7) is 3.92. The molecule has 0 bridgehead atoms. The van der Waals surface area contributed by atoms with Crippen LogP contribution < -0.4 is 5.32 Å². The molecule has 146 valence electrons. The number of nitrogens with zero attached hydrogens (tertiary/aromatic N) is 1. The van der Waals surface area contributed by atoms with Crippen molar-refractivity contribution in [2.75, 3.05) is 13.7 Å². The minimum absolute atomic E-state index is 0.151. The Bertz CT molecular complexity index is 797. The summed E-state index contributed by atoms with van der Waals surface area (Å²) in [6.07, 6.45) is 2.52. The van der Waals surface area contributed by atoms with Crippen molar-refractivity contribution in [2.45, 2.75) is 39.3 Å². The molecule has 0 radical (unpaired) electrons. The van der Waals surface area contributed by atoms with E-state index in [9.17, 15) is 14.4 Å². The second-order valence-electron chi connectivity index (χ2n) is 6.75. The summed E-state index contributed by atoms with van der Waals surface area (Å²) in [5.74, 6) is -1.30. The predicted octanol–water partition coefficient (Wildman–Crippen LogP) is 2.28. The van der Waals surface area contributed by atoms with Gasteiger partial charge in [0.15, 0.2) is 6.61 Å². The number of hydrogen-bond acceptors (Lipinski definition) is 5. The molecule has 0 spiro atoms. The van der Waals surface area contributed by atoms with Crippen LogP contribution in [0.15, 0.2) is 36.5 Å². The van der Waals surface area contributed by atoms with Gasteiger partial charge in [0.2, 0.25) is 0 Å². The lowest BCUT2D eigenvalue weighted by Crippen LogP contribution is -2.44. The molecule has 7 heteroatoms. The highest BCUT2D eigenvalue weighted by Gasteiger charge is 2.23. The molecular weight excluding hydrogens is 348 g/mol. The minimum atomic E-state index is -0.743. The normalized spacial score (nSPS) is 12.0. The fourth-order valence-corrected chi connectivity index (χ4v) is 2.83. The fourth-order valence-electron chi connectivity index (χ4n) is 2.83.